The van der Waals surface area contributed by atoms with Gasteiger partial charge in [-0.1, -0.05) is 68.5 Å². The quantitative estimate of drug-likeness (QED) is 0.339. The molecule has 0 saturated heterocycles. The Morgan fingerprint density at radius 2 is 1.63 bits per heavy atom. The van der Waals surface area contributed by atoms with Crippen molar-refractivity contribution in [2.75, 3.05) is 4.90 Å². The second-order valence-electron chi connectivity index (χ2n) is 10.3. The van der Waals surface area contributed by atoms with Crippen LogP contribution in [0.4, 0.5) is 11.4 Å². The van der Waals surface area contributed by atoms with E-state index in [0.717, 1.165) is 29.9 Å². The van der Waals surface area contributed by atoms with Gasteiger partial charge < -0.3 is 9.64 Å². The number of nitrogens with zero attached hydrogens (tertiary/aromatic N) is 1. The number of hydrogen-bond donors (Lipinski definition) is 0. The number of allylic oxidation sites excluding steroid dienone is 3. The molecular weight excluding hydrogens is 426 g/mol. The summed E-state index contributed by atoms with van der Waals surface area (Å²) in [4.78, 5) is 2.22. The van der Waals surface area contributed by atoms with E-state index in [-0.39, 0.29) is 11.2 Å². The molecule has 5 rings (SSSR count). The molecule has 35 heavy (non-hydrogen) atoms. The van der Waals surface area contributed by atoms with E-state index in [2.05, 4.69) is 99.5 Å². The highest BCUT2D eigenvalue weighted by atomic mass is 16.5. The first-order valence-corrected chi connectivity index (χ1v) is 12.7. The SMILES string of the molecule is C=C/C=C(\C=C)N(c1ccccc1)c1ccc(-c2ccc3c(c2)C(C)(C)OC32CCCC2)c(C)c1. The van der Waals surface area contributed by atoms with E-state index in [0.29, 0.717) is 0 Å². The molecule has 0 amide bonds. The second kappa shape index (κ2) is 9.02. The lowest BCUT2D eigenvalue weighted by molar-refractivity contribution is -0.122. The Morgan fingerprint density at radius 3 is 2.29 bits per heavy atom. The number of fused-ring (bicyclic) bond motifs is 2. The fourth-order valence-electron chi connectivity index (χ4n) is 6.01. The van der Waals surface area contributed by atoms with Crippen molar-refractivity contribution >= 4 is 11.4 Å². The lowest BCUT2D eigenvalue weighted by Gasteiger charge is -2.28. The fraction of sp³-hybridized carbons (Fsp3) is 0.273. The van der Waals surface area contributed by atoms with E-state index >= 15 is 0 Å². The van der Waals surface area contributed by atoms with Crippen LogP contribution in [-0.4, -0.2) is 0 Å². The highest BCUT2D eigenvalue weighted by Crippen LogP contribution is 2.55. The van der Waals surface area contributed by atoms with Gasteiger partial charge in [-0.05, 0) is 104 Å². The van der Waals surface area contributed by atoms with Gasteiger partial charge in [-0.25, -0.2) is 0 Å². The van der Waals surface area contributed by atoms with Crippen molar-refractivity contribution in [1.82, 2.24) is 0 Å². The lowest BCUT2D eigenvalue weighted by Crippen LogP contribution is -2.25. The molecule has 1 spiro atoms. The molecule has 2 heteroatoms. The van der Waals surface area contributed by atoms with Gasteiger partial charge in [0.05, 0.1) is 11.2 Å². The molecule has 0 atom stereocenters. The van der Waals surface area contributed by atoms with Gasteiger partial charge in [-0.3, -0.25) is 0 Å². The van der Waals surface area contributed by atoms with Crippen molar-refractivity contribution in [2.45, 2.75) is 57.7 Å². The molecule has 0 aromatic heterocycles. The summed E-state index contributed by atoms with van der Waals surface area (Å²) in [5, 5.41) is 0. The molecule has 0 radical (unpaired) electrons. The Labute approximate surface area is 210 Å². The monoisotopic (exact) mass is 461 g/mol. The Balaban J connectivity index is 1.56. The van der Waals surface area contributed by atoms with E-state index in [9.17, 15) is 0 Å². The van der Waals surface area contributed by atoms with Crippen LogP contribution in [0.5, 0.6) is 0 Å². The summed E-state index contributed by atoms with van der Waals surface area (Å²) in [6.07, 6.45) is 10.4. The molecule has 2 nitrogen and oxygen atoms in total. The van der Waals surface area contributed by atoms with E-state index < -0.39 is 0 Å². The van der Waals surface area contributed by atoms with Gasteiger partial charge in [-0.2, -0.15) is 0 Å². The van der Waals surface area contributed by atoms with Crippen LogP contribution in [0.2, 0.25) is 0 Å². The number of benzene rings is 3. The summed E-state index contributed by atoms with van der Waals surface area (Å²) in [7, 11) is 0. The van der Waals surface area contributed by atoms with Gasteiger partial charge >= 0.3 is 0 Å². The van der Waals surface area contributed by atoms with Crippen molar-refractivity contribution in [3.8, 4) is 11.1 Å². The van der Waals surface area contributed by atoms with Crippen molar-refractivity contribution in [3.63, 3.8) is 0 Å². The van der Waals surface area contributed by atoms with Crippen molar-refractivity contribution in [2.24, 2.45) is 0 Å². The number of aryl methyl sites for hydroxylation is 1. The molecule has 3 aromatic rings. The van der Waals surface area contributed by atoms with Crippen LogP contribution in [0.3, 0.4) is 0 Å². The average molecular weight is 462 g/mol. The first-order valence-electron chi connectivity index (χ1n) is 12.7. The maximum atomic E-state index is 6.72. The first-order chi connectivity index (χ1) is 16.9. The van der Waals surface area contributed by atoms with Crippen LogP contribution in [0.25, 0.3) is 11.1 Å². The number of hydrogen-bond acceptors (Lipinski definition) is 2. The molecule has 178 valence electrons. The van der Waals surface area contributed by atoms with E-state index in [1.54, 1.807) is 6.08 Å². The maximum Gasteiger partial charge on any atom is 0.0946 e. The summed E-state index contributed by atoms with van der Waals surface area (Å²) in [5.41, 5.74) is 9.30. The molecule has 1 aliphatic carbocycles. The summed E-state index contributed by atoms with van der Waals surface area (Å²) >= 11 is 0. The van der Waals surface area contributed by atoms with Crippen LogP contribution in [-0.2, 0) is 15.9 Å². The zero-order valence-corrected chi connectivity index (χ0v) is 21.2. The summed E-state index contributed by atoms with van der Waals surface area (Å²) in [6, 6.07) is 24.1. The molecule has 3 aromatic carbocycles. The summed E-state index contributed by atoms with van der Waals surface area (Å²) in [5.74, 6) is 0. The van der Waals surface area contributed by atoms with Crippen LogP contribution in [0.1, 0.15) is 56.2 Å². The molecule has 2 aliphatic rings. The molecule has 1 saturated carbocycles. The molecule has 1 aliphatic heterocycles. The number of rotatable bonds is 6. The van der Waals surface area contributed by atoms with Gasteiger partial charge in [0.25, 0.3) is 0 Å². The van der Waals surface area contributed by atoms with Gasteiger partial charge in [0, 0.05) is 17.1 Å². The summed E-state index contributed by atoms with van der Waals surface area (Å²) < 4.78 is 6.72. The van der Waals surface area contributed by atoms with E-state index in [1.807, 2.05) is 18.2 Å². The molecule has 1 fully saturated rings. The maximum absolute atomic E-state index is 6.72. The normalized spacial score (nSPS) is 17.9. The van der Waals surface area contributed by atoms with Crippen LogP contribution < -0.4 is 4.90 Å². The van der Waals surface area contributed by atoms with Crippen molar-refractivity contribution < 1.29 is 4.74 Å². The first kappa shape index (κ1) is 23.4. The minimum Gasteiger partial charge on any atom is -0.360 e. The predicted molar refractivity (Wildman–Crippen MR) is 148 cm³/mol. The smallest absolute Gasteiger partial charge is 0.0946 e. The number of anilines is 2. The molecule has 1 heterocycles. The topological polar surface area (TPSA) is 12.5 Å². The third-order valence-corrected chi connectivity index (χ3v) is 7.57. The van der Waals surface area contributed by atoms with Gasteiger partial charge in [0.15, 0.2) is 0 Å². The standard InChI is InChI=1S/C33H35NO/c1-6-13-26(7-2)34(27-14-9-8-10-15-27)28-17-18-29(24(3)22-28)25-16-19-30-31(23-25)32(4,5)35-33(30)20-11-12-21-33/h6-10,13-19,22-23H,1-2,11-12,20-21H2,3-5H3/b26-13+. The Kier molecular flexibility index (Phi) is 6.02. The third kappa shape index (κ3) is 4.06. The molecular formula is C33H35NO. The zero-order valence-electron chi connectivity index (χ0n) is 21.2. The Bertz CT molecular complexity index is 1290. The summed E-state index contributed by atoms with van der Waals surface area (Å²) in [6.45, 7) is 14.6. The van der Waals surface area contributed by atoms with Crippen LogP contribution in [0, 0.1) is 6.92 Å². The predicted octanol–water partition coefficient (Wildman–Crippen LogP) is 9.09. The average Bonchev–Trinajstić information content (AvgIpc) is 3.41. The minimum atomic E-state index is -0.262. The van der Waals surface area contributed by atoms with E-state index in [4.69, 9.17) is 4.74 Å². The largest absolute Gasteiger partial charge is 0.360 e. The highest BCUT2D eigenvalue weighted by Gasteiger charge is 2.50. The van der Waals surface area contributed by atoms with Gasteiger partial charge in [0.1, 0.15) is 0 Å². The van der Waals surface area contributed by atoms with Crippen LogP contribution >= 0.6 is 0 Å². The molecule has 0 N–H and O–H groups in total. The lowest BCUT2D eigenvalue weighted by atomic mass is 9.85. The number of ether oxygens (including phenoxy) is 1. The Hall–Kier alpha value is -3.36. The number of para-hydroxylation sites is 1. The molecule has 0 bridgehead atoms. The van der Waals surface area contributed by atoms with Gasteiger partial charge in [-0.15, -0.1) is 0 Å². The highest BCUT2D eigenvalue weighted by molar-refractivity contribution is 5.76. The zero-order chi connectivity index (χ0) is 24.6. The van der Waals surface area contributed by atoms with Crippen molar-refractivity contribution in [1.29, 1.82) is 0 Å². The molecule has 0 unspecified atom stereocenters. The van der Waals surface area contributed by atoms with Crippen LogP contribution in [0.15, 0.2) is 104 Å². The second-order valence-corrected chi connectivity index (χ2v) is 10.3. The Morgan fingerprint density at radius 1 is 0.886 bits per heavy atom. The minimum absolute atomic E-state index is 0.0783. The van der Waals surface area contributed by atoms with Gasteiger partial charge in [0.2, 0.25) is 0 Å². The fourth-order valence-corrected chi connectivity index (χ4v) is 6.01. The van der Waals surface area contributed by atoms with E-state index in [1.165, 1.54) is 40.7 Å². The van der Waals surface area contributed by atoms with Crippen molar-refractivity contribution in [3.05, 3.63) is 121 Å². The third-order valence-electron chi connectivity index (χ3n) is 7.57.